The molecular formula is C9H9NOS. The lowest BCUT2D eigenvalue weighted by Crippen LogP contribution is -1.93. The quantitative estimate of drug-likeness (QED) is 0.429. The molecule has 0 amide bonds. The Morgan fingerprint density at radius 3 is 2.67 bits per heavy atom. The Morgan fingerprint density at radius 2 is 2.08 bits per heavy atom. The molecule has 1 aromatic rings. The second-order valence-electron chi connectivity index (χ2n) is 2.36. The average molecular weight is 179 g/mol. The first-order chi connectivity index (χ1) is 5.84. The van der Waals surface area contributed by atoms with E-state index in [1.54, 1.807) is 0 Å². The monoisotopic (exact) mass is 179 g/mol. The summed E-state index contributed by atoms with van der Waals surface area (Å²) in [4.78, 5) is 13.3. The zero-order valence-corrected chi connectivity index (χ0v) is 7.37. The van der Waals surface area contributed by atoms with E-state index in [1.165, 1.54) is 6.08 Å². The van der Waals surface area contributed by atoms with Crippen LogP contribution in [0.1, 0.15) is 10.8 Å². The van der Waals surface area contributed by atoms with Crippen molar-refractivity contribution in [1.29, 1.82) is 0 Å². The van der Waals surface area contributed by atoms with E-state index in [-0.39, 0.29) is 5.25 Å². The van der Waals surface area contributed by atoms with Crippen LogP contribution in [0.5, 0.6) is 0 Å². The first kappa shape index (κ1) is 9.04. The second kappa shape index (κ2) is 4.75. The molecule has 0 spiro atoms. The second-order valence-corrected chi connectivity index (χ2v) is 2.98. The molecule has 0 heterocycles. The smallest absolute Gasteiger partial charge is 0.211 e. The number of hydrogen-bond donors (Lipinski definition) is 1. The van der Waals surface area contributed by atoms with Crippen LogP contribution in [0.3, 0.4) is 0 Å². The summed E-state index contributed by atoms with van der Waals surface area (Å²) in [6, 6.07) is 9.72. The maximum Gasteiger partial charge on any atom is 0.234 e. The molecule has 1 aromatic carbocycles. The molecule has 0 fully saturated rings. The normalized spacial score (nSPS) is 11.8. The van der Waals surface area contributed by atoms with Gasteiger partial charge in [0.25, 0.3) is 0 Å². The molecule has 0 aliphatic carbocycles. The minimum Gasteiger partial charge on any atom is -0.211 e. The van der Waals surface area contributed by atoms with Crippen LogP contribution in [0.2, 0.25) is 0 Å². The lowest BCUT2D eigenvalue weighted by Gasteiger charge is -2.05. The lowest BCUT2D eigenvalue weighted by molar-refractivity contribution is 0.563. The standard InChI is InChI=1S/C9H9NOS/c11-7-10-6-9(12)8-4-2-1-3-5-8/h1-5,9,12H,6H2. The molecule has 0 bridgehead atoms. The molecule has 0 N–H and O–H groups in total. The van der Waals surface area contributed by atoms with Gasteiger partial charge < -0.3 is 0 Å². The van der Waals surface area contributed by atoms with E-state index < -0.39 is 0 Å². The van der Waals surface area contributed by atoms with Gasteiger partial charge in [-0.1, -0.05) is 30.3 Å². The van der Waals surface area contributed by atoms with Gasteiger partial charge in [0, 0.05) is 5.25 Å². The van der Waals surface area contributed by atoms with Crippen molar-refractivity contribution in [2.24, 2.45) is 4.99 Å². The van der Waals surface area contributed by atoms with Crippen molar-refractivity contribution in [3.05, 3.63) is 35.9 Å². The van der Waals surface area contributed by atoms with Crippen LogP contribution in [0.25, 0.3) is 0 Å². The van der Waals surface area contributed by atoms with Gasteiger partial charge in [-0.25, -0.2) is 9.79 Å². The molecule has 3 heteroatoms. The number of nitrogens with zero attached hydrogens (tertiary/aromatic N) is 1. The lowest BCUT2D eigenvalue weighted by atomic mass is 10.1. The van der Waals surface area contributed by atoms with Gasteiger partial charge in [-0.05, 0) is 5.56 Å². The minimum atomic E-state index is -0.00681. The summed E-state index contributed by atoms with van der Waals surface area (Å²) in [5, 5.41) is -0.00681. The Hall–Kier alpha value is -1.05. The summed E-state index contributed by atoms with van der Waals surface area (Å²) in [6.07, 6.45) is 1.49. The van der Waals surface area contributed by atoms with Crippen LogP contribution in [0, 0.1) is 0 Å². The van der Waals surface area contributed by atoms with Gasteiger partial charge in [0.05, 0.1) is 6.54 Å². The molecular weight excluding hydrogens is 170 g/mol. The topological polar surface area (TPSA) is 29.4 Å². The summed E-state index contributed by atoms with van der Waals surface area (Å²) in [5.41, 5.74) is 1.07. The molecule has 62 valence electrons. The Morgan fingerprint density at radius 1 is 1.42 bits per heavy atom. The van der Waals surface area contributed by atoms with Crippen molar-refractivity contribution >= 4 is 18.7 Å². The maximum atomic E-state index is 9.82. The highest BCUT2D eigenvalue weighted by Crippen LogP contribution is 2.18. The van der Waals surface area contributed by atoms with E-state index >= 15 is 0 Å². The van der Waals surface area contributed by atoms with Crippen LogP contribution in [0.15, 0.2) is 35.3 Å². The number of isocyanates is 1. The number of hydrogen-bond acceptors (Lipinski definition) is 3. The number of thiol groups is 1. The number of carbonyl (C=O) groups excluding carboxylic acids is 1. The van der Waals surface area contributed by atoms with Gasteiger partial charge >= 0.3 is 0 Å². The van der Waals surface area contributed by atoms with Crippen LogP contribution in [0.4, 0.5) is 0 Å². The molecule has 0 saturated carbocycles. The van der Waals surface area contributed by atoms with Crippen LogP contribution in [-0.2, 0) is 4.79 Å². The Kier molecular flexibility index (Phi) is 3.58. The Balaban J connectivity index is 2.65. The van der Waals surface area contributed by atoms with Gasteiger partial charge in [-0.15, -0.1) is 0 Å². The zero-order valence-electron chi connectivity index (χ0n) is 6.47. The van der Waals surface area contributed by atoms with Crippen molar-refractivity contribution in [2.45, 2.75) is 5.25 Å². The molecule has 2 nitrogen and oxygen atoms in total. The van der Waals surface area contributed by atoms with Gasteiger partial charge in [-0.3, -0.25) is 0 Å². The van der Waals surface area contributed by atoms with E-state index in [2.05, 4.69) is 17.6 Å². The third-order valence-electron chi connectivity index (χ3n) is 1.51. The van der Waals surface area contributed by atoms with Crippen molar-refractivity contribution in [1.82, 2.24) is 0 Å². The summed E-state index contributed by atoms with van der Waals surface area (Å²) in [7, 11) is 0. The van der Waals surface area contributed by atoms with E-state index in [9.17, 15) is 4.79 Å². The van der Waals surface area contributed by atoms with Crippen LogP contribution < -0.4 is 0 Å². The van der Waals surface area contributed by atoms with Gasteiger partial charge in [0.2, 0.25) is 6.08 Å². The van der Waals surface area contributed by atoms with Crippen molar-refractivity contribution < 1.29 is 4.79 Å². The highest BCUT2D eigenvalue weighted by Gasteiger charge is 2.02. The molecule has 1 atom stereocenters. The van der Waals surface area contributed by atoms with E-state index in [4.69, 9.17) is 0 Å². The highest BCUT2D eigenvalue weighted by atomic mass is 32.1. The average Bonchev–Trinajstić information content (AvgIpc) is 2.15. The summed E-state index contributed by atoms with van der Waals surface area (Å²) < 4.78 is 0. The fraction of sp³-hybridized carbons (Fsp3) is 0.222. The maximum absolute atomic E-state index is 9.82. The molecule has 1 rings (SSSR count). The van der Waals surface area contributed by atoms with Crippen molar-refractivity contribution in [2.75, 3.05) is 6.54 Å². The molecule has 12 heavy (non-hydrogen) atoms. The Labute approximate surface area is 76.7 Å². The van der Waals surface area contributed by atoms with Crippen molar-refractivity contribution in [3.8, 4) is 0 Å². The zero-order chi connectivity index (χ0) is 8.81. The molecule has 0 saturated heterocycles. The first-order valence-corrected chi connectivity index (χ1v) is 4.13. The van der Waals surface area contributed by atoms with Gasteiger partial charge in [0.15, 0.2) is 0 Å². The Bertz CT molecular complexity index is 280. The summed E-state index contributed by atoms with van der Waals surface area (Å²) in [5.74, 6) is 0. The molecule has 0 aromatic heterocycles. The molecule has 0 radical (unpaired) electrons. The number of aliphatic imine (C=N–C) groups is 1. The van der Waals surface area contributed by atoms with Gasteiger partial charge in [0.1, 0.15) is 0 Å². The fourth-order valence-electron chi connectivity index (χ4n) is 0.904. The summed E-state index contributed by atoms with van der Waals surface area (Å²) in [6.45, 7) is 0.386. The predicted octanol–water partition coefficient (Wildman–Crippen LogP) is 1.99. The minimum absolute atomic E-state index is 0.00681. The molecule has 0 aliphatic rings. The molecule has 1 unspecified atom stereocenters. The molecule has 0 aliphatic heterocycles. The summed E-state index contributed by atoms with van der Waals surface area (Å²) >= 11 is 4.28. The third kappa shape index (κ3) is 2.53. The van der Waals surface area contributed by atoms with E-state index in [1.807, 2.05) is 30.3 Å². The predicted molar refractivity (Wildman–Crippen MR) is 51.2 cm³/mol. The van der Waals surface area contributed by atoms with Crippen molar-refractivity contribution in [3.63, 3.8) is 0 Å². The SMILES string of the molecule is O=C=NCC(S)c1ccccc1. The first-order valence-electron chi connectivity index (χ1n) is 3.61. The van der Waals surface area contributed by atoms with Crippen LogP contribution in [-0.4, -0.2) is 12.6 Å². The third-order valence-corrected chi connectivity index (χ3v) is 1.97. The highest BCUT2D eigenvalue weighted by molar-refractivity contribution is 7.80. The number of benzene rings is 1. The number of rotatable bonds is 3. The van der Waals surface area contributed by atoms with Crippen LogP contribution >= 0.6 is 12.6 Å². The van der Waals surface area contributed by atoms with E-state index in [0.29, 0.717) is 6.54 Å². The van der Waals surface area contributed by atoms with E-state index in [0.717, 1.165) is 5.56 Å². The fourth-order valence-corrected chi connectivity index (χ4v) is 1.16. The van der Waals surface area contributed by atoms with Gasteiger partial charge in [-0.2, -0.15) is 12.6 Å². The largest absolute Gasteiger partial charge is 0.234 e.